The Bertz CT molecular complexity index is 682. The van der Waals surface area contributed by atoms with E-state index in [-0.39, 0.29) is 12.5 Å². The van der Waals surface area contributed by atoms with Crippen LogP contribution in [0.25, 0.3) is 0 Å². The summed E-state index contributed by atoms with van der Waals surface area (Å²) < 4.78 is 10.8. The van der Waals surface area contributed by atoms with Crippen LogP contribution in [0.3, 0.4) is 0 Å². The maximum absolute atomic E-state index is 11.9. The molecule has 0 unspecified atom stereocenters. The van der Waals surface area contributed by atoms with Gasteiger partial charge >= 0.3 is 0 Å². The molecule has 1 aromatic carbocycles. The number of hydrogen-bond donors (Lipinski definition) is 1. The van der Waals surface area contributed by atoms with E-state index in [1.54, 1.807) is 30.7 Å². The number of rotatable bonds is 8. The number of carbonyl (C=O) groups excluding carboxylic acids is 1. The number of carbonyl (C=O) groups is 1. The molecule has 0 atom stereocenters. The van der Waals surface area contributed by atoms with Gasteiger partial charge in [-0.3, -0.25) is 4.79 Å². The smallest absolute Gasteiger partial charge is 0.258 e. The lowest BCUT2D eigenvalue weighted by Gasteiger charge is -2.11. The lowest BCUT2D eigenvalue weighted by Crippen LogP contribution is -2.28. The number of methoxy groups -OCH3 is 1. The minimum absolute atomic E-state index is 0.0606. The van der Waals surface area contributed by atoms with Gasteiger partial charge in [0.2, 0.25) is 0 Å². The van der Waals surface area contributed by atoms with Crippen molar-refractivity contribution in [3.05, 3.63) is 52.5 Å². The lowest BCUT2D eigenvalue weighted by molar-refractivity contribution is -0.123. The van der Waals surface area contributed by atoms with E-state index in [9.17, 15) is 4.79 Å². The Balaban J connectivity index is 1.86. The van der Waals surface area contributed by atoms with Gasteiger partial charge in [0.15, 0.2) is 18.1 Å². The fraction of sp³-hybridized carbons (Fsp3) is 0.294. The molecule has 23 heavy (non-hydrogen) atoms. The van der Waals surface area contributed by atoms with Crippen LogP contribution in [0.4, 0.5) is 0 Å². The molecule has 0 bridgehead atoms. The second-order valence-electron chi connectivity index (χ2n) is 4.89. The average Bonchev–Trinajstić information content (AvgIpc) is 2.97. The highest BCUT2D eigenvalue weighted by molar-refractivity contribution is 7.11. The molecule has 6 heteroatoms. The molecule has 0 saturated heterocycles. The number of amides is 1. The van der Waals surface area contributed by atoms with Crippen LogP contribution in [0.1, 0.15) is 15.4 Å². The van der Waals surface area contributed by atoms with Crippen LogP contribution in [-0.2, 0) is 17.8 Å². The molecule has 0 saturated carbocycles. The zero-order valence-electron chi connectivity index (χ0n) is 13.3. The number of ether oxygens (including phenoxy) is 2. The Hall–Kier alpha value is -2.34. The number of nitrogens with one attached hydrogen (secondary N) is 1. The summed E-state index contributed by atoms with van der Waals surface area (Å²) in [5, 5.41) is 3.79. The highest BCUT2D eigenvalue weighted by Crippen LogP contribution is 2.28. The van der Waals surface area contributed by atoms with Crippen molar-refractivity contribution in [2.45, 2.75) is 19.9 Å². The molecule has 0 aliphatic carbocycles. The molecule has 1 aromatic heterocycles. The first-order valence-electron chi connectivity index (χ1n) is 7.21. The number of benzene rings is 1. The Morgan fingerprint density at radius 1 is 1.43 bits per heavy atom. The third-order valence-electron chi connectivity index (χ3n) is 3.10. The van der Waals surface area contributed by atoms with Crippen LogP contribution in [0.2, 0.25) is 0 Å². The first-order valence-corrected chi connectivity index (χ1v) is 8.02. The predicted molar refractivity (Wildman–Crippen MR) is 91.1 cm³/mol. The summed E-state index contributed by atoms with van der Waals surface area (Å²) >= 11 is 1.56. The quantitative estimate of drug-likeness (QED) is 0.755. The largest absolute Gasteiger partial charge is 0.493 e. The average molecular weight is 332 g/mol. The van der Waals surface area contributed by atoms with E-state index in [0.29, 0.717) is 18.0 Å². The third kappa shape index (κ3) is 5.10. The molecule has 0 spiro atoms. The van der Waals surface area contributed by atoms with Gasteiger partial charge in [-0.05, 0) is 31.0 Å². The van der Waals surface area contributed by atoms with Gasteiger partial charge in [-0.15, -0.1) is 17.9 Å². The maximum atomic E-state index is 11.9. The van der Waals surface area contributed by atoms with Gasteiger partial charge in [0.1, 0.15) is 0 Å². The van der Waals surface area contributed by atoms with E-state index < -0.39 is 0 Å². The summed E-state index contributed by atoms with van der Waals surface area (Å²) in [6, 6.07) is 5.62. The van der Waals surface area contributed by atoms with Crippen LogP contribution in [0, 0.1) is 6.92 Å². The zero-order chi connectivity index (χ0) is 16.7. The summed E-state index contributed by atoms with van der Waals surface area (Å²) in [6.45, 7) is 6.04. The highest BCUT2D eigenvalue weighted by atomic mass is 32.1. The van der Waals surface area contributed by atoms with E-state index >= 15 is 0 Å². The van der Waals surface area contributed by atoms with Crippen LogP contribution < -0.4 is 14.8 Å². The van der Waals surface area contributed by atoms with Gasteiger partial charge in [-0.25, -0.2) is 4.98 Å². The molecule has 5 nitrogen and oxygen atoms in total. The monoisotopic (exact) mass is 332 g/mol. The van der Waals surface area contributed by atoms with Gasteiger partial charge in [0.25, 0.3) is 5.91 Å². The fourth-order valence-electron chi connectivity index (χ4n) is 1.99. The van der Waals surface area contributed by atoms with Crippen molar-refractivity contribution in [1.82, 2.24) is 10.3 Å². The molecule has 122 valence electrons. The number of aromatic nitrogens is 1. The summed E-state index contributed by atoms with van der Waals surface area (Å²) in [4.78, 5) is 17.0. The zero-order valence-corrected chi connectivity index (χ0v) is 14.1. The first-order chi connectivity index (χ1) is 11.1. The van der Waals surface area contributed by atoms with E-state index in [1.165, 1.54) is 0 Å². The summed E-state index contributed by atoms with van der Waals surface area (Å²) in [6.07, 6.45) is 4.35. The summed E-state index contributed by atoms with van der Waals surface area (Å²) in [5.74, 6) is 0.965. The van der Waals surface area contributed by atoms with Crippen molar-refractivity contribution in [3.8, 4) is 11.5 Å². The molecule has 2 rings (SSSR count). The third-order valence-corrected chi connectivity index (χ3v) is 4.01. The normalized spacial score (nSPS) is 10.2. The van der Waals surface area contributed by atoms with Crippen molar-refractivity contribution in [1.29, 1.82) is 0 Å². The van der Waals surface area contributed by atoms with Crippen molar-refractivity contribution < 1.29 is 14.3 Å². The van der Waals surface area contributed by atoms with Crippen LogP contribution in [0.5, 0.6) is 11.5 Å². The SMILES string of the molecule is C=CCc1ccc(OCC(=O)NCc2cnc(C)s2)c(OC)c1. The van der Waals surface area contributed by atoms with Crippen LogP contribution in [0.15, 0.2) is 37.1 Å². The molecule has 2 aromatic rings. The van der Waals surface area contributed by atoms with Gasteiger partial charge in [0, 0.05) is 11.1 Å². The maximum Gasteiger partial charge on any atom is 0.258 e. The summed E-state index contributed by atoms with van der Waals surface area (Å²) in [7, 11) is 1.58. The molecule has 0 fully saturated rings. The molecular weight excluding hydrogens is 312 g/mol. The fourth-order valence-corrected chi connectivity index (χ4v) is 2.73. The second-order valence-corrected chi connectivity index (χ2v) is 6.21. The Morgan fingerprint density at radius 3 is 2.91 bits per heavy atom. The van der Waals surface area contributed by atoms with Crippen molar-refractivity contribution in [3.63, 3.8) is 0 Å². The van der Waals surface area contributed by atoms with Gasteiger partial charge < -0.3 is 14.8 Å². The van der Waals surface area contributed by atoms with Gasteiger partial charge in [-0.1, -0.05) is 12.1 Å². The standard InChI is InChI=1S/C17H20N2O3S/c1-4-5-13-6-7-15(16(8-13)21-3)22-11-17(20)19-10-14-9-18-12(2)23-14/h4,6-9H,1,5,10-11H2,2-3H3,(H,19,20). The van der Waals surface area contributed by atoms with E-state index in [1.807, 2.05) is 25.1 Å². The molecule has 0 radical (unpaired) electrons. The number of nitrogens with zero attached hydrogens (tertiary/aromatic N) is 1. The number of thiazole rings is 1. The Kier molecular flexibility index (Phi) is 6.17. The Morgan fingerprint density at radius 2 is 2.26 bits per heavy atom. The second kappa shape index (κ2) is 8.33. The summed E-state index contributed by atoms with van der Waals surface area (Å²) in [5.41, 5.74) is 1.08. The molecule has 1 heterocycles. The van der Waals surface area contributed by atoms with Gasteiger partial charge in [-0.2, -0.15) is 0 Å². The molecule has 0 aliphatic rings. The Labute approximate surface area is 140 Å². The minimum Gasteiger partial charge on any atom is -0.493 e. The molecule has 0 aliphatic heterocycles. The van der Waals surface area contributed by atoms with E-state index in [0.717, 1.165) is 21.9 Å². The number of hydrogen-bond acceptors (Lipinski definition) is 5. The number of aryl methyl sites for hydroxylation is 1. The van der Waals surface area contributed by atoms with Crippen molar-refractivity contribution in [2.75, 3.05) is 13.7 Å². The van der Waals surface area contributed by atoms with Crippen LogP contribution in [-0.4, -0.2) is 24.6 Å². The molecular formula is C17H20N2O3S. The van der Waals surface area contributed by atoms with Crippen LogP contribution >= 0.6 is 11.3 Å². The topological polar surface area (TPSA) is 60.5 Å². The highest BCUT2D eigenvalue weighted by Gasteiger charge is 2.09. The minimum atomic E-state index is -0.187. The van der Waals surface area contributed by atoms with Gasteiger partial charge in [0.05, 0.1) is 18.7 Å². The molecule has 1 N–H and O–H groups in total. The van der Waals surface area contributed by atoms with Crippen molar-refractivity contribution in [2.24, 2.45) is 0 Å². The first kappa shape index (κ1) is 17.0. The van der Waals surface area contributed by atoms with Crippen molar-refractivity contribution >= 4 is 17.2 Å². The molecule has 1 amide bonds. The number of allylic oxidation sites excluding steroid dienone is 1. The lowest BCUT2D eigenvalue weighted by atomic mass is 10.1. The van der Waals surface area contributed by atoms with E-state index in [4.69, 9.17) is 9.47 Å². The van der Waals surface area contributed by atoms with E-state index in [2.05, 4.69) is 16.9 Å². The predicted octanol–water partition coefficient (Wildman–Crippen LogP) is 2.88.